The molecule has 7 nitrogen and oxygen atoms in total. The number of esters is 1. The molecule has 1 aromatic heterocycles. The van der Waals surface area contributed by atoms with E-state index in [0.717, 1.165) is 11.4 Å². The van der Waals surface area contributed by atoms with E-state index in [1.54, 1.807) is 53.3 Å². The maximum absolute atomic E-state index is 12.4. The molecule has 7 heteroatoms. The van der Waals surface area contributed by atoms with E-state index in [1.165, 1.54) is 6.92 Å². The van der Waals surface area contributed by atoms with Crippen LogP contribution in [0, 0.1) is 6.92 Å². The van der Waals surface area contributed by atoms with Crippen LogP contribution in [0.15, 0.2) is 60.8 Å². The average Bonchev–Trinajstić information content (AvgIpc) is 3.15. The molecule has 0 aliphatic rings. The fraction of sp³-hybridized carbons (Fsp3) is 0.227. The van der Waals surface area contributed by atoms with Gasteiger partial charge in [0.1, 0.15) is 5.75 Å². The Labute approximate surface area is 169 Å². The first-order valence-corrected chi connectivity index (χ1v) is 9.34. The van der Waals surface area contributed by atoms with Crippen molar-refractivity contribution < 1.29 is 19.1 Å². The van der Waals surface area contributed by atoms with Gasteiger partial charge in [-0.2, -0.15) is 5.10 Å². The molecule has 0 aliphatic carbocycles. The minimum atomic E-state index is -0.967. The molecule has 150 valence electrons. The molecule has 0 spiro atoms. The number of nitrogens with one attached hydrogen (secondary N) is 1. The maximum atomic E-state index is 12.4. The topological polar surface area (TPSA) is 82.5 Å². The van der Waals surface area contributed by atoms with Crippen LogP contribution in [0.5, 0.6) is 5.75 Å². The lowest BCUT2D eigenvalue weighted by Crippen LogP contribution is -2.30. The second kappa shape index (κ2) is 9.05. The number of rotatable bonds is 7. The van der Waals surface area contributed by atoms with Crippen LogP contribution in [0.3, 0.4) is 0 Å². The van der Waals surface area contributed by atoms with Gasteiger partial charge in [-0.05, 0) is 63.2 Å². The molecule has 1 heterocycles. The van der Waals surface area contributed by atoms with Crippen LogP contribution in [0.2, 0.25) is 0 Å². The van der Waals surface area contributed by atoms with Crippen LogP contribution >= 0.6 is 0 Å². The second-order valence-corrected chi connectivity index (χ2v) is 6.40. The molecule has 0 unspecified atom stereocenters. The minimum absolute atomic E-state index is 0.355. The van der Waals surface area contributed by atoms with Crippen LogP contribution in [-0.4, -0.2) is 34.4 Å². The number of carbonyl (C=O) groups is 2. The van der Waals surface area contributed by atoms with Crippen molar-refractivity contribution in [3.63, 3.8) is 0 Å². The summed E-state index contributed by atoms with van der Waals surface area (Å²) in [5.41, 5.74) is 2.70. The summed E-state index contributed by atoms with van der Waals surface area (Å²) in [7, 11) is 0. The van der Waals surface area contributed by atoms with Crippen molar-refractivity contribution in [3.8, 4) is 11.4 Å². The van der Waals surface area contributed by atoms with E-state index in [9.17, 15) is 9.59 Å². The molecular weight excluding hydrogens is 370 g/mol. The Morgan fingerprint density at radius 3 is 2.48 bits per heavy atom. The monoisotopic (exact) mass is 393 g/mol. The highest BCUT2D eigenvalue weighted by atomic mass is 16.5. The highest BCUT2D eigenvalue weighted by Crippen LogP contribution is 2.24. The summed E-state index contributed by atoms with van der Waals surface area (Å²) < 4.78 is 12.6. The van der Waals surface area contributed by atoms with Gasteiger partial charge in [0.2, 0.25) is 0 Å². The molecule has 3 aromatic rings. The smallest absolute Gasteiger partial charge is 0.338 e. The number of carbonyl (C=O) groups excluding carboxylic acids is 2. The lowest BCUT2D eigenvalue weighted by Gasteiger charge is -2.15. The molecule has 2 aromatic carbocycles. The SMILES string of the molecule is CCOc1ccccc1NC(=O)[C@@H](C)OC(=O)c1ccc(-n2nccc2C)cc1. The fourth-order valence-electron chi connectivity index (χ4n) is 2.75. The average molecular weight is 393 g/mol. The van der Waals surface area contributed by atoms with Crippen LogP contribution in [0.25, 0.3) is 5.69 Å². The van der Waals surface area contributed by atoms with Crippen molar-refractivity contribution in [2.75, 3.05) is 11.9 Å². The Kier molecular flexibility index (Phi) is 6.29. The number of ether oxygens (including phenoxy) is 2. The standard InChI is InChI=1S/C22H23N3O4/c1-4-28-20-8-6-5-7-19(20)24-21(26)16(3)29-22(27)17-9-11-18(12-10-17)25-15(2)13-14-23-25/h5-14,16H,4H2,1-3H3,(H,24,26)/t16-/m1/s1. The van der Waals surface area contributed by atoms with E-state index >= 15 is 0 Å². The van der Waals surface area contributed by atoms with Crippen LogP contribution in [0.1, 0.15) is 29.9 Å². The zero-order chi connectivity index (χ0) is 20.8. The zero-order valence-electron chi connectivity index (χ0n) is 16.6. The van der Waals surface area contributed by atoms with E-state index in [-0.39, 0.29) is 0 Å². The quantitative estimate of drug-likeness (QED) is 0.618. The van der Waals surface area contributed by atoms with Gasteiger partial charge in [0.15, 0.2) is 6.10 Å². The van der Waals surface area contributed by atoms with Crippen molar-refractivity contribution in [2.24, 2.45) is 0 Å². The highest BCUT2D eigenvalue weighted by molar-refractivity contribution is 5.98. The number of hydrogen-bond acceptors (Lipinski definition) is 5. The zero-order valence-corrected chi connectivity index (χ0v) is 16.6. The van der Waals surface area contributed by atoms with Crippen molar-refractivity contribution >= 4 is 17.6 Å². The number of anilines is 1. The van der Waals surface area contributed by atoms with E-state index in [0.29, 0.717) is 23.6 Å². The number of hydrogen-bond donors (Lipinski definition) is 1. The maximum Gasteiger partial charge on any atom is 0.338 e. The van der Waals surface area contributed by atoms with Crippen molar-refractivity contribution in [1.29, 1.82) is 0 Å². The van der Waals surface area contributed by atoms with Crippen molar-refractivity contribution in [3.05, 3.63) is 72.1 Å². The Morgan fingerprint density at radius 1 is 1.10 bits per heavy atom. The minimum Gasteiger partial charge on any atom is -0.492 e. The lowest BCUT2D eigenvalue weighted by molar-refractivity contribution is -0.123. The normalized spacial score (nSPS) is 11.6. The van der Waals surface area contributed by atoms with Gasteiger partial charge in [-0.3, -0.25) is 4.79 Å². The summed E-state index contributed by atoms with van der Waals surface area (Å²) in [6.07, 6.45) is 0.742. The van der Waals surface area contributed by atoms with E-state index < -0.39 is 18.0 Å². The molecular formula is C22H23N3O4. The predicted molar refractivity (Wildman–Crippen MR) is 109 cm³/mol. The predicted octanol–water partition coefficient (Wildman–Crippen LogP) is 3.76. The molecule has 0 bridgehead atoms. The third kappa shape index (κ3) is 4.82. The van der Waals surface area contributed by atoms with Crippen molar-refractivity contribution in [2.45, 2.75) is 26.9 Å². The Balaban J connectivity index is 1.63. The first-order valence-electron chi connectivity index (χ1n) is 9.34. The molecule has 0 saturated carbocycles. The van der Waals surface area contributed by atoms with Gasteiger partial charge >= 0.3 is 5.97 Å². The summed E-state index contributed by atoms with van der Waals surface area (Å²) in [5, 5.41) is 6.96. The molecule has 3 rings (SSSR count). The highest BCUT2D eigenvalue weighted by Gasteiger charge is 2.20. The summed E-state index contributed by atoms with van der Waals surface area (Å²) in [4.78, 5) is 24.8. The summed E-state index contributed by atoms with van der Waals surface area (Å²) in [5.74, 6) is -0.449. The van der Waals surface area contributed by atoms with Gasteiger partial charge in [0.25, 0.3) is 5.91 Å². The van der Waals surface area contributed by atoms with Gasteiger partial charge in [-0.1, -0.05) is 12.1 Å². The van der Waals surface area contributed by atoms with E-state index in [4.69, 9.17) is 9.47 Å². The first-order chi connectivity index (χ1) is 14.0. The first kappa shape index (κ1) is 20.1. The molecule has 1 atom stereocenters. The van der Waals surface area contributed by atoms with E-state index in [2.05, 4.69) is 10.4 Å². The van der Waals surface area contributed by atoms with Crippen LogP contribution in [0.4, 0.5) is 5.69 Å². The summed E-state index contributed by atoms with van der Waals surface area (Å²) in [6.45, 7) is 5.81. The van der Waals surface area contributed by atoms with E-state index in [1.807, 2.05) is 26.0 Å². The van der Waals surface area contributed by atoms with Crippen LogP contribution < -0.4 is 10.1 Å². The Morgan fingerprint density at radius 2 is 1.83 bits per heavy atom. The molecule has 1 N–H and O–H groups in total. The van der Waals surface area contributed by atoms with Gasteiger partial charge in [0, 0.05) is 11.9 Å². The summed E-state index contributed by atoms with van der Waals surface area (Å²) >= 11 is 0. The van der Waals surface area contributed by atoms with Gasteiger partial charge in [-0.15, -0.1) is 0 Å². The molecule has 1 amide bonds. The molecule has 0 radical (unpaired) electrons. The molecule has 0 aliphatic heterocycles. The Hall–Kier alpha value is -3.61. The number of aromatic nitrogens is 2. The largest absolute Gasteiger partial charge is 0.492 e. The van der Waals surface area contributed by atoms with Gasteiger partial charge in [-0.25, -0.2) is 9.48 Å². The van der Waals surface area contributed by atoms with Gasteiger partial charge < -0.3 is 14.8 Å². The fourth-order valence-corrected chi connectivity index (χ4v) is 2.75. The second-order valence-electron chi connectivity index (χ2n) is 6.40. The molecule has 29 heavy (non-hydrogen) atoms. The summed E-state index contributed by atoms with van der Waals surface area (Å²) in [6, 6.07) is 15.8. The number of aryl methyl sites for hydroxylation is 1. The van der Waals surface area contributed by atoms with Crippen molar-refractivity contribution in [1.82, 2.24) is 9.78 Å². The number of amides is 1. The molecule has 0 fully saturated rings. The third-order valence-corrected chi connectivity index (χ3v) is 4.28. The third-order valence-electron chi connectivity index (χ3n) is 4.28. The van der Waals surface area contributed by atoms with Gasteiger partial charge in [0.05, 0.1) is 23.5 Å². The lowest BCUT2D eigenvalue weighted by atomic mass is 10.2. The van der Waals surface area contributed by atoms with Crippen LogP contribution in [-0.2, 0) is 9.53 Å². The number of nitrogens with zero attached hydrogens (tertiary/aromatic N) is 2. The Bertz CT molecular complexity index is 995. The number of para-hydroxylation sites is 2. The molecule has 0 saturated heterocycles. The number of benzene rings is 2.